The Hall–Kier alpha value is -2.92. The van der Waals surface area contributed by atoms with Crippen LogP contribution in [0.2, 0.25) is 5.02 Å². The van der Waals surface area contributed by atoms with Crippen molar-refractivity contribution in [2.45, 2.75) is 6.61 Å². The Morgan fingerprint density at radius 3 is 2.92 bits per heavy atom. The SMILES string of the molecule is O=C(O)c1cc2c(OCc3coc4cc(Cl)ccc34)cccc2[nH]1. The number of fused-ring (bicyclic) bond motifs is 2. The van der Waals surface area contributed by atoms with Gasteiger partial charge in [0.15, 0.2) is 0 Å². The van der Waals surface area contributed by atoms with Crippen molar-refractivity contribution in [3.63, 3.8) is 0 Å². The molecule has 0 aliphatic rings. The van der Waals surface area contributed by atoms with Crippen LogP contribution >= 0.6 is 11.6 Å². The maximum atomic E-state index is 11.1. The number of aromatic amines is 1. The summed E-state index contributed by atoms with van der Waals surface area (Å²) in [5, 5.41) is 11.4. The predicted molar refractivity (Wildman–Crippen MR) is 90.8 cm³/mol. The van der Waals surface area contributed by atoms with Gasteiger partial charge in [-0.1, -0.05) is 17.7 Å². The molecule has 0 amide bonds. The summed E-state index contributed by atoms with van der Waals surface area (Å²) in [7, 11) is 0. The fourth-order valence-electron chi connectivity index (χ4n) is 2.69. The minimum absolute atomic E-state index is 0.129. The number of hydrogen-bond donors (Lipinski definition) is 2. The van der Waals surface area contributed by atoms with E-state index in [-0.39, 0.29) is 5.69 Å². The number of furan rings is 1. The summed E-state index contributed by atoms with van der Waals surface area (Å²) in [6.07, 6.45) is 1.64. The van der Waals surface area contributed by atoms with Gasteiger partial charge in [-0.2, -0.15) is 0 Å². The van der Waals surface area contributed by atoms with Crippen molar-refractivity contribution < 1.29 is 19.1 Å². The normalized spacial score (nSPS) is 11.2. The minimum Gasteiger partial charge on any atom is -0.488 e. The van der Waals surface area contributed by atoms with E-state index in [1.807, 2.05) is 18.2 Å². The van der Waals surface area contributed by atoms with Crippen molar-refractivity contribution in [2.75, 3.05) is 0 Å². The van der Waals surface area contributed by atoms with Gasteiger partial charge in [-0.05, 0) is 36.4 Å². The Morgan fingerprint density at radius 2 is 2.08 bits per heavy atom. The van der Waals surface area contributed by atoms with E-state index < -0.39 is 5.97 Å². The number of ether oxygens (including phenoxy) is 1. The van der Waals surface area contributed by atoms with Gasteiger partial charge in [0.05, 0.1) is 6.26 Å². The lowest BCUT2D eigenvalue weighted by molar-refractivity contribution is 0.0691. The maximum Gasteiger partial charge on any atom is 0.352 e. The standard InChI is InChI=1S/C18H12ClNO4/c19-11-4-5-12-10(9-24-17(12)6-11)8-23-16-3-1-2-14-13(16)7-15(20-14)18(21)22/h1-7,9,20H,8H2,(H,21,22). The Balaban J connectivity index is 1.65. The van der Waals surface area contributed by atoms with Gasteiger partial charge < -0.3 is 19.2 Å². The summed E-state index contributed by atoms with van der Waals surface area (Å²) in [4.78, 5) is 14.0. The number of nitrogens with one attached hydrogen (secondary N) is 1. The van der Waals surface area contributed by atoms with Crippen molar-refractivity contribution in [3.8, 4) is 5.75 Å². The Bertz CT molecular complexity index is 1060. The van der Waals surface area contributed by atoms with E-state index in [9.17, 15) is 4.79 Å². The molecule has 2 N–H and O–H groups in total. The molecule has 0 saturated carbocycles. The van der Waals surface area contributed by atoms with Gasteiger partial charge in [0, 0.05) is 26.9 Å². The molecule has 0 saturated heterocycles. The molecule has 0 fully saturated rings. The van der Waals surface area contributed by atoms with Crippen LogP contribution < -0.4 is 4.74 Å². The maximum absolute atomic E-state index is 11.1. The first-order valence-electron chi connectivity index (χ1n) is 7.25. The molecule has 0 atom stereocenters. The molecule has 6 heteroatoms. The van der Waals surface area contributed by atoms with E-state index in [0.717, 1.165) is 16.3 Å². The number of benzene rings is 2. The number of carbonyl (C=O) groups is 1. The van der Waals surface area contributed by atoms with Crippen LogP contribution in [0.25, 0.3) is 21.9 Å². The number of rotatable bonds is 4. The highest BCUT2D eigenvalue weighted by atomic mass is 35.5. The number of hydrogen-bond acceptors (Lipinski definition) is 3. The summed E-state index contributed by atoms with van der Waals surface area (Å²) >= 11 is 5.95. The van der Waals surface area contributed by atoms with Crippen LogP contribution in [0, 0.1) is 0 Å². The van der Waals surface area contributed by atoms with E-state index in [1.54, 1.807) is 30.5 Å². The molecule has 0 aliphatic carbocycles. The fraction of sp³-hybridized carbons (Fsp3) is 0.0556. The highest BCUT2D eigenvalue weighted by Gasteiger charge is 2.12. The number of halogens is 1. The monoisotopic (exact) mass is 341 g/mol. The molecule has 0 bridgehead atoms. The van der Waals surface area contributed by atoms with Crippen LogP contribution in [0.4, 0.5) is 0 Å². The minimum atomic E-state index is -1.00. The largest absolute Gasteiger partial charge is 0.488 e. The van der Waals surface area contributed by atoms with E-state index in [4.69, 9.17) is 25.9 Å². The van der Waals surface area contributed by atoms with Crippen LogP contribution in [0.1, 0.15) is 16.1 Å². The second kappa shape index (κ2) is 5.62. The van der Waals surface area contributed by atoms with Crippen LogP contribution in [0.15, 0.2) is 53.1 Å². The van der Waals surface area contributed by atoms with Crippen LogP contribution in [0.5, 0.6) is 5.75 Å². The van der Waals surface area contributed by atoms with Crippen molar-refractivity contribution in [1.29, 1.82) is 0 Å². The van der Waals surface area contributed by atoms with Crippen molar-refractivity contribution in [3.05, 3.63) is 65.0 Å². The highest BCUT2D eigenvalue weighted by molar-refractivity contribution is 6.31. The molecule has 4 rings (SSSR count). The lowest BCUT2D eigenvalue weighted by Gasteiger charge is -2.06. The molecule has 0 spiro atoms. The summed E-state index contributed by atoms with van der Waals surface area (Å²) in [5.41, 5.74) is 2.44. The molecule has 2 aromatic carbocycles. The molecule has 24 heavy (non-hydrogen) atoms. The van der Waals surface area contributed by atoms with Crippen LogP contribution in [-0.4, -0.2) is 16.1 Å². The van der Waals surface area contributed by atoms with Crippen LogP contribution in [-0.2, 0) is 6.61 Å². The van der Waals surface area contributed by atoms with Gasteiger partial charge in [0.2, 0.25) is 0 Å². The lowest BCUT2D eigenvalue weighted by Crippen LogP contribution is -1.95. The zero-order chi connectivity index (χ0) is 16.7. The van der Waals surface area contributed by atoms with Gasteiger partial charge in [0.25, 0.3) is 0 Å². The van der Waals surface area contributed by atoms with Gasteiger partial charge in [-0.15, -0.1) is 0 Å². The fourth-order valence-corrected chi connectivity index (χ4v) is 2.85. The number of carboxylic acid groups (broad SMARTS) is 1. The number of H-pyrrole nitrogens is 1. The molecular weight excluding hydrogens is 330 g/mol. The molecular formula is C18H12ClNO4. The molecule has 5 nitrogen and oxygen atoms in total. The second-order valence-electron chi connectivity index (χ2n) is 5.40. The van der Waals surface area contributed by atoms with E-state index in [0.29, 0.717) is 28.5 Å². The van der Waals surface area contributed by atoms with E-state index in [1.165, 1.54) is 0 Å². The summed E-state index contributed by atoms with van der Waals surface area (Å²) in [6.45, 7) is 0.307. The Labute approximate surface area is 141 Å². The first kappa shape index (κ1) is 14.7. The molecule has 2 aromatic heterocycles. The number of aromatic nitrogens is 1. The predicted octanol–water partition coefficient (Wildman–Crippen LogP) is 4.84. The van der Waals surface area contributed by atoms with Gasteiger partial charge in [-0.25, -0.2) is 4.79 Å². The van der Waals surface area contributed by atoms with Crippen molar-refractivity contribution in [1.82, 2.24) is 4.98 Å². The molecule has 4 aromatic rings. The van der Waals surface area contributed by atoms with Gasteiger partial charge >= 0.3 is 5.97 Å². The topological polar surface area (TPSA) is 75.5 Å². The second-order valence-corrected chi connectivity index (χ2v) is 5.83. The highest BCUT2D eigenvalue weighted by Crippen LogP contribution is 2.29. The third-order valence-corrected chi connectivity index (χ3v) is 4.09. The van der Waals surface area contributed by atoms with Crippen molar-refractivity contribution in [2.24, 2.45) is 0 Å². The summed E-state index contributed by atoms with van der Waals surface area (Å²) in [6, 6.07) is 12.4. The lowest BCUT2D eigenvalue weighted by atomic mass is 10.2. The van der Waals surface area contributed by atoms with Gasteiger partial charge in [0.1, 0.15) is 23.6 Å². The summed E-state index contributed by atoms with van der Waals surface area (Å²) < 4.78 is 11.4. The zero-order valence-corrected chi connectivity index (χ0v) is 13.1. The molecule has 0 unspecified atom stereocenters. The average molecular weight is 342 g/mol. The molecule has 2 heterocycles. The molecule has 0 aliphatic heterocycles. The summed E-state index contributed by atoms with van der Waals surface area (Å²) in [5.74, 6) is -0.394. The Kier molecular flexibility index (Phi) is 3.43. The van der Waals surface area contributed by atoms with E-state index in [2.05, 4.69) is 4.98 Å². The number of carboxylic acids is 1. The molecule has 0 radical (unpaired) electrons. The van der Waals surface area contributed by atoms with E-state index >= 15 is 0 Å². The molecule has 120 valence electrons. The van der Waals surface area contributed by atoms with Crippen LogP contribution in [0.3, 0.4) is 0 Å². The smallest absolute Gasteiger partial charge is 0.352 e. The van der Waals surface area contributed by atoms with Gasteiger partial charge in [-0.3, -0.25) is 0 Å². The quantitative estimate of drug-likeness (QED) is 0.556. The zero-order valence-electron chi connectivity index (χ0n) is 12.4. The third-order valence-electron chi connectivity index (χ3n) is 3.86. The number of aromatic carboxylic acids is 1. The average Bonchev–Trinajstić information content (AvgIpc) is 3.16. The Morgan fingerprint density at radius 1 is 1.21 bits per heavy atom. The first-order valence-corrected chi connectivity index (χ1v) is 7.63. The third kappa shape index (κ3) is 2.49. The first-order chi connectivity index (χ1) is 11.6. The van der Waals surface area contributed by atoms with Crippen molar-refractivity contribution >= 4 is 39.4 Å².